The van der Waals surface area contributed by atoms with Crippen LogP contribution in [0.15, 0.2) is 209 Å². The minimum atomic E-state index is -4.28. The molecule has 0 spiro atoms. The number of quaternary nitrogens is 1. The van der Waals surface area contributed by atoms with E-state index in [0.29, 0.717) is 21.5 Å². The Morgan fingerprint density at radius 3 is 1.22 bits per heavy atom. The average molecular weight is 2150 g/mol. The molecule has 128 heavy (non-hydrogen) atoms. The fourth-order valence-electron chi connectivity index (χ4n) is 10.5. The molecule has 9 heterocycles. The number of methoxy groups -OCH3 is 1. The molecule has 0 unspecified atom stereocenters. The third kappa shape index (κ3) is 33.6. The summed E-state index contributed by atoms with van der Waals surface area (Å²) < 4.78 is 88.3. The van der Waals surface area contributed by atoms with Gasteiger partial charge in [-0.3, -0.25) is 9.28 Å². The minimum Gasteiger partial charge on any atom is -1.00 e. The number of amides is 1. The molecule has 9 aromatic carbocycles. The quantitative estimate of drug-likeness (QED) is 0.0405. The zero-order valence-electron chi connectivity index (χ0n) is 71.4. The van der Waals surface area contributed by atoms with Crippen LogP contribution in [0.4, 0.5) is 24.5 Å². The van der Waals surface area contributed by atoms with Gasteiger partial charge in [0, 0.05) is 52.6 Å². The number of halogens is 6. The van der Waals surface area contributed by atoms with Gasteiger partial charge in [-0.25, -0.2) is 49.7 Å². The van der Waals surface area contributed by atoms with Crippen LogP contribution in [0.3, 0.4) is 0 Å². The molecular weight excluding hydrogens is 2060 g/mol. The van der Waals surface area contributed by atoms with Gasteiger partial charge in [0.25, 0.3) is 5.91 Å². The van der Waals surface area contributed by atoms with Crippen molar-refractivity contribution in [2.45, 2.75) is 64.5 Å². The topological polar surface area (TPSA) is 201 Å². The largest absolute Gasteiger partial charge is 1.00 e. The summed E-state index contributed by atoms with van der Waals surface area (Å²) in [5, 5.41) is 1.53. The van der Waals surface area contributed by atoms with Crippen molar-refractivity contribution < 1.29 is 77.3 Å². The Morgan fingerprint density at radius 1 is 0.445 bits per heavy atom. The average Bonchev–Trinajstić information content (AvgIpc) is 1.57. The number of ether oxygens (including phenoxy) is 1. The van der Waals surface area contributed by atoms with E-state index >= 15 is 0 Å². The summed E-state index contributed by atoms with van der Waals surface area (Å²) >= 11 is 41.5. The molecule has 0 aliphatic carbocycles. The maximum atomic E-state index is 12.4. The molecular formula is C85H81Cl3F3N12NaO5S19. The van der Waals surface area contributed by atoms with E-state index in [0.717, 1.165) is 143 Å². The first-order valence-electron chi connectivity index (χ1n) is 36.7. The summed E-state index contributed by atoms with van der Waals surface area (Å²) in [6.45, 7) is 10.7. The number of benzene rings is 9. The molecule has 17 nitrogen and oxygen atoms in total. The zero-order valence-corrected chi connectivity index (χ0v) is 91.2. The van der Waals surface area contributed by atoms with Gasteiger partial charge in [-0.1, -0.05) is 160 Å². The molecule has 0 atom stereocenters. The number of rotatable bonds is 15. The second-order valence-electron chi connectivity index (χ2n) is 26.1. The van der Waals surface area contributed by atoms with Crippen LogP contribution in [0.2, 0.25) is 10.0 Å². The molecule has 0 N–H and O–H groups in total. The summed E-state index contributed by atoms with van der Waals surface area (Å²) in [4.78, 5) is 56.4. The molecule has 0 fully saturated rings. The Labute approximate surface area is 855 Å². The summed E-state index contributed by atoms with van der Waals surface area (Å²) in [5.74, 6) is 0.881. The van der Waals surface area contributed by atoms with Crippen LogP contribution in [0.5, 0.6) is 5.75 Å². The van der Waals surface area contributed by atoms with Crippen molar-refractivity contribution in [2.24, 2.45) is 0 Å². The van der Waals surface area contributed by atoms with Gasteiger partial charge in [-0.05, 0) is 196 Å². The van der Waals surface area contributed by atoms with E-state index in [1.807, 2.05) is 141 Å². The van der Waals surface area contributed by atoms with Crippen molar-refractivity contribution in [3.63, 3.8) is 0 Å². The number of unbranched alkanes of at least 4 members (excludes halogenated alkanes) is 1. The first-order chi connectivity index (χ1) is 60.3. The Morgan fingerprint density at radius 2 is 0.789 bits per heavy atom. The van der Waals surface area contributed by atoms with Crippen LogP contribution in [-0.4, -0.2) is 167 Å². The van der Waals surface area contributed by atoms with Crippen molar-refractivity contribution >= 4 is 351 Å². The number of hydrogen-bond acceptors (Lipinski definition) is 32. The number of thiazole rings is 9. The van der Waals surface area contributed by atoms with Crippen LogP contribution in [0.1, 0.15) is 34.3 Å². The molecule has 0 saturated carbocycles. The number of carbonyl (C=O) groups excluding carboxylic acids is 1. The number of aryl methyl sites for hydroxylation is 1. The van der Waals surface area contributed by atoms with Crippen molar-refractivity contribution in [2.75, 3.05) is 98.7 Å². The number of thioether (sulfide) groups is 9. The first kappa shape index (κ1) is 110. The molecule has 0 radical (unpaired) electrons. The number of nitrogens with zero attached hydrogens (tertiary/aromatic N) is 12. The Bertz CT molecular complexity index is 6600. The summed E-state index contributed by atoms with van der Waals surface area (Å²) in [6.07, 6.45) is 17.2. The first-order valence-corrected chi connectivity index (χ1v) is 56.8. The second-order valence-corrected chi connectivity index (χ2v) is 46.2. The van der Waals surface area contributed by atoms with Gasteiger partial charge in [-0.15, -0.1) is 115 Å². The molecule has 0 saturated heterocycles. The third-order valence-corrected chi connectivity index (χ3v) is 35.1. The van der Waals surface area contributed by atoms with Crippen molar-refractivity contribution in [1.82, 2.24) is 54.2 Å². The fourth-order valence-corrected chi connectivity index (χ4v) is 24.4. The Balaban J connectivity index is 0.000000196. The number of aromatic nitrogens is 9. The van der Waals surface area contributed by atoms with Gasteiger partial charge >= 0.3 is 46.3 Å². The zero-order chi connectivity index (χ0) is 91.4. The number of fused-ring (bicyclic) bond motifs is 9. The molecule has 18 rings (SSSR count). The molecule has 668 valence electrons. The summed E-state index contributed by atoms with van der Waals surface area (Å²) in [6, 6.07) is 53.8. The van der Waals surface area contributed by atoms with E-state index < -0.39 is 22.3 Å². The molecule has 0 aliphatic rings. The Hall–Kier alpha value is -4.86. The molecule has 0 aliphatic heterocycles. The monoisotopic (exact) mass is 2140 g/mol. The standard InChI is InChI=1S/C12H14NS2.C11H12N2OS2.C11H15N2S2.C9H6F3NS2.C9H6N2S2.C9H9NOS2.2C8H6ClNS2.C8H7NS2.ClH.Na.O3S/c1-3-4-5-9-6-7-10-11(8-9)15-12(13-10)14-2;1-13(2)10(14)7-4-5-9-8(6-7)12-11(15-3)16-9;1-13(2,3)8-5-6-10-9(7-8)12-11(14-4)15-10;1-14-8-13-6-3-2-5(9(10,11)12)4-7(6)15-8;1-10-6-3-4-7-8(5-6)13-9(11-7)12-2;1-11-6-3-4-8-7(5-6)10-9(12-2)13-8;1-11-8-10-6-4-5(9)2-3-7(6)12-8;1-11-8-10-6-3-2-5(9)4-7(6)12-8;1-10-8-9-6-4-2-3-5-7(6)11-8;;;1-4(2)3/h6-8H,1,3-5H2,2H3;4-6H,1-3H3;5-7H,1-4H3;2-4H,1H3;3-5H,2H3;3-5H,1-2H3;2*2-4H,1H3;2-5H,1H3;1H;;/q-1;;+1;;;;;;;;+1;/p-1. The summed E-state index contributed by atoms with van der Waals surface area (Å²) in [7, 11) is 8.57. The second kappa shape index (κ2) is 54.6. The van der Waals surface area contributed by atoms with Crippen molar-refractivity contribution in [1.29, 1.82) is 0 Å². The van der Waals surface area contributed by atoms with Gasteiger partial charge in [0.1, 0.15) is 11.4 Å². The molecule has 18 aromatic rings. The van der Waals surface area contributed by atoms with Gasteiger partial charge in [0.2, 0.25) is 0 Å². The number of carbonyl (C=O) groups is 1. The van der Waals surface area contributed by atoms with E-state index in [1.54, 1.807) is 217 Å². The van der Waals surface area contributed by atoms with E-state index in [2.05, 4.69) is 139 Å². The summed E-state index contributed by atoms with van der Waals surface area (Å²) in [5.41, 5.74) is 12.4. The normalized spacial score (nSPS) is 10.8. The van der Waals surface area contributed by atoms with Crippen LogP contribution in [-0.2, 0) is 23.2 Å². The Kier molecular flexibility index (Phi) is 47.0. The van der Waals surface area contributed by atoms with Crippen LogP contribution < -0.4 is 51.2 Å². The van der Waals surface area contributed by atoms with E-state index in [9.17, 15) is 18.0 Å². The molecule has 1 amide bonds. The molecule has 9 aromatic heterocycles. The van der Waals surface area contributed by atoms with Gasteiger partial charge in [-0.2, -0.15) is 19.6 Å². The fraction of sp³-hybridized carbons (Fsp3) is 0.224. The predicted octanol–water partition coefficient (Wildman–Crippen LogP) is 24.1. The predicted molar refractivity (Wildman–Crippen MR) is 556 cm³/mol. The number of alkyl halides is 3. The van der Waals surface area contributed by atoms with Crippen LogP contribution in [0.25, 0.3) is 96.8 Å². The van der Waals surface area contributed by atoms with Crippen LogP contribution >= 0.6 is 231 Å². The van der Waals surface area contributed by atoms with E-state index in [1.165, 1.54) is 70.3 Å². The number of hydrogen-bond donors (Lipinski definition) is 0. The van der Waals surface area contributed by atoms with Gasteiger partial charge < -0.3 is 29.0 Å². The molecule has 0 bridgehead atoms. The van der Waals surface area contributed by atoms with Gasteiger partial charge in [0.15, 0.2) is 44.7 Å². The number of para-hydroxylation sites is 1. The minimum absolute atomic E-state index is 0. The molecule has 43 heteroatoms. The maximum Gasteiger partial charge on any atom is 1.00 e. The van der Waals surface area contributed by atoms with Crippen molar-refractivity contribution in [3.8, 4) is 5.75 Å². The van der Waals surface area contributed by atoms with Crippen LogP contribution in [0, 0.1) is 13.5 Å². The van der Waals surface area contributed by atoms with E-state index in [-0.39, 0.29) is 47.9 Å². The van der Waals surface area contributed by atoms with Crippen molar-refractivity contribution in [3.05, 3.63) is 215 Å². The van der Waals surface area contributed by atoms with Gasteiger partial charge in [0.05, 0.1) is 128 Å². The third-order valence-electron chi connectivity index (χ3n) is 16.6. The smallest absolute Gasteiger partial charge is 1.00 e. The SMILES string of the molecule is COc1ccc2sc(SC)nc2c1.CSc1nc2cc(C(=O)N(C)C)ccc2s1.CSc1nc2cc(Cl)ccc2s1.CSc1nc2cc([N+](C)(C)C)ccc2s1.CSc1nc2ccc(C(F)(F)F)cc2s1.CSc1nc2ccc(Cl)cc2s1.CSc1nc2ccccc2s1.O=S(=O)=O.[C-]#[N+]c1ccc2nc(SC)sc2c1.[CH2-]CCCc1ccc2nc(SC)sc2c1.[Cl-].[Na+]. The maximum absolute atomic E-state index is 12.4. The van der Waals surface area contributed by atoms with E-state index in [4.69, 9.17) is 47.1 Å².